The molecule has 2 heterocycles. The number of likely N-dealkylation sites (tertiary alicyclic amines) is 1. The summed E-state index contributed by atoms with van der Waals surface area (Å²) in [6.07, 6.45) is 4.17. The molecule has 0 aliphatic carbocycles. The van der Waals surface area contributed by atoms with Gasteiger partial charge in [0.05, 0.1) is 22.7 Å². The lowest BCUT2D eigenvalue weighted by Gasteiger charge is -2.31. The molecule has 9 nitrogen and oxygen atoms in total. The number of hydrogen-bond donors (Lipinski definition) is 2. The number of aromatic nitrogens is 2. The lowest BCUT2D eigenvalue weighted by Crippen LogP contribution is -2.41. The monoisotopic (exact) mass is 529 g/mol. The molecule has 1 aliphatic heterocycles. The van der Waals surface area contributed by atoms with Crippen molar-refractivity contribution in [2.75, 3.05) is 31.2 Å². The Morgan fingerprint density at radius 3 is 2.59 bits per heavy atom. The Bertz CT molecular complexity index is 1430. The maximum absolute atomic E-state index is 14.5. The van der Waals surface area contributed by atoms with Crippen LogP contribution in [0.15, 0.2) is 53.7 Å². The molecule has 0 unspecified atom stereocenters. The van der Waals surface area contributed by atoms with Gasteiger partial charge in [0.2, 0.25) is 5.88 Å². The van der Waals surface area contributed by atoms with E-state index in [9.17, 15) is 22.0 Å². The zero-order chi connectivity index (χ0) is 26.6. The summed E-state index contributed by atoms with van der Waals surface area (Å²) in [5.41, 5.74) is 0.520. The van der Waals surface area contributed by atoms with E-state index in [1.165, 1.54) is 36.7 Å². The van der Waals surface area contributed by atoms with Crippen LogP contribution in [-0.4, -0.2) is 67.3 Å². The lowest BCUT2D eigenvalue weighted by atomic mass is 10.1. The van der Waals surface area contributed by atoms with Crippen molar-refractivity contribution in [3.63, 3.8) is 0 Å². The van der Waals surface area contributed by atoms with Crippen LogP contribution in [0.3, 0.4) is 0 Å². The molecular formula is C25H25F2N5O4S. The Balaban J connectivity index is 1.40. The third-order valence-corrected chi connectivity index (χ3v) is 7.05. The van der Waals surface area contributed by atoms with Crippen molar-refractivity contribution in [1.29, 1.82) is 5.41 Å². The first-order valence-corrected chi connectivity index (χ1v) is 13.3. The number of benzene rings is 2. The van der Waals surface area contributed by atoms with E-state index in [1.54, 1.807) is 6.07 Å². The lowest BCUT2D eigenvalue weighted by molar-refractivity contribution is 0.0777. The topological polar surface area (TPSA) is 125 Å². The number of ether oxygens (including phenoxy) is 1. The van der Waals surface area contributed by atoms with Crippen molar-refractivity contribution < 1.29 is 26.7 Å². The second-order valence-electron chi connectivity index (χ2n) is 8.65. The average molecular weight is 530 g/mol. The zero-order valence-electron chi connectivity index (χ0n) is 19.9. The van der Waals surface area contributed by atoms with Gasteiger partial charge in [-0.25, -0.2) is 27.2 Å². The van der Waals surface area contributed by atoms with E-state index in [2.05, 4.69) is 15.3 Å². The van der Waals surface area contributed by atoms with Crippen LogP contribution in [0.5, 0.6) is 5.88 Å². The maximum atomic E-state index is 14.5. The molecule has 0 radical (unpaired) electrons. The minimum Gasteiger partial charge on any atom is -0.474 e. The van der Waals surface area contributed by atoms with Crippen molar-refractivity contribution in [2.24, 2.45) is 0 Å². The van der Waals surface area contributed by atoms with Gasteiger partial charge in [-0.2, -0.15) is 0 Å². The summed E-state index contributed by atoms with van der Waals surface area (Å²) in [5.74, 6) is -1.13. The molecule has 1 saturated heterocycles. The predicted molar refractivity (Wildman–Crippen MR) is 134 cm³/mol. The fourth-order valence-electron chi connectivity index (χ4n) is 3.96. The highest BCUT2D eigenvalue weighted by molar-refractivity contribution is 7.90. The SMILES string of the molecule is CS(=O)(=O)c1ccc(Nc2ncnc(OC3CCN(CC(=O)c4cccc(F)c4)CC3)c2C=N)c(F)c1. The number of hydrogen-bond acceptors (Lipinski definition) is 9. The number of Topliss-reactive ketones (excluding diaryl/α,β-unsaturated/α-hetero) is 1. The Labute approximate surface area is 212 Å². The number of halogens is 2. The van der Waals surface area contributed by atoms with Crippen LogP contribution in [0, 0.1) is 17.0 Å². The summed E-state index contributed by atoms with van der Waals surface area (Å²) < 4.78 is 57.3. The van der Waals surface area contributed by atoms with E-state index in [-0.39, 0.29) is 46.3 Å². The van der Waals surface area contributed by atoms with Gasteiger partial charge in [-0.15, -0.1) is 0 Å². The molecule has 0 atom stereocenters. The van der Waals surface area contributed by atoms with Crippen molar-refractivity contribution in [3.05, 3.63) is 71.6 Å². The van der Waals surface area contributed by atoms with Crippen LogP contribution in [-0.2, 0) is 9.84 Å². The first kappa shape index (κ1) is 26.3. The number of sulfone groups is 1. The largest absolute Gasteiger partial charge is 0.474 e. The van der Waals surface area contributed by atoms with Crippen LogP contribution in [0.25, 0.3) is 0 Å². The number of piperidine rings is 1. The highest BCUT2D eigenvalue weighted by Gasteiger charge is 2.24. The molecule has 4 rings (SSSR count). The van der Waals surface area contributed by atoms with Crippen LogP contribution in [0.4, 0.5) is 20.3 Å². The van der Waals surface area contributed by atoms with Crippen molar-refractivity contribution in [1.82, 2.24) is 14.9 Å². The summed E-state index contributed by atoms with van der Waals surface area (Å²) >= 11 is 0. The molecule has 0 amide bonds. The van der Waals surface area contributed by atoms with E-state index in [1.807, 2.05) is 4.90 Å². The van der Waals surface area contributed by atoms with Crippen LogP contribution < -0.4 is 10.1 Å². The van der Waals surface area contributed by atoms with Crippen molar-refractivity contribution >= 4 is 33.3 Å². The van der Waals surface area contributed by atoms with E-state index in [0.29, 0.717) is 31.5 Å². The molecule has 2 N–H and O–H groups in total. The first-order valence-electron chi connectivity index (χ1n) is 11.4. The van der Waals surface area contributed by atoms with Gasteiger partial charge in [0.1, 0.15) is 29.9 Å². The number of carbonyl (C=O) groups excluding carboxylic acids is 1. The van der Waals surface area contributed by atoms with Crippen molar-refractivity contribution in [3.8, 4) is 5.88 Å². The van der Waals surface area contributed by atoms with Gasteiger partial charge in [0, 0.05) is 31.1 Å². The summed E-state index contributed by atoms with van der Waals surface area (Å²) in [6.45, 7) is 1.34. The van der Waals surface area contributed by atoms with E-state index in [0.717, 1.165) is 18.5 Å². The Kier molecular flexibility index (Phi) is 7.89. The number of rotatable bonds is 9. The molecule has 0 saturated carbocycles. The van der Waals surface area contributed by atoms with Gasteiger partial charge in [0.15, 0.2) is 15.6 Å². The average Bonchev–Trinajstić information content (AvgIpc) is 2.86. The Hall–Kier alpha value is -3.77. The number of nitrogens with zero attached hydrogens (tertiary/aromatic N) is 3. The minimum atomic E-state index is -3.56. The Morgan fingerprint density at radius 1 is 1.19 bits per heavy atom. The molecule has 194 valence electrons. The normalized spacial score (nSPS) is 14.8. The molecule has 3 aromatic rings. The van der Waals surface area contributed by atoms with Crippen LogP contribution >= 0.6 is 0 Å². The third kappa shape index (κ3) is 6.52. The second-order valence-corrected chi connectivity index (χ2v) is 10.7. The van der Waals surface area contributed by atoms with E-state index >= 15 is 0 Å². The third-order valence-electron chi connectivity index (χ3n) is 5.94. The molecule has 12 heteroatoms. The molecular weight excluding hydrogens is 504 g/mol. The summed E-state index contributed by atoms with van der Waals surface area (Å²) in [5, 5.41) is 10.6. The molecule has 0 spiro atoms. The van der Waals surface area contributed by atoms with Gasteiger partial charge in [-0.1, -0.05) is 12.1 Å². The molecule has 1 aliphatic rings. The molecule has 1 fully saturated rings. The van der Waals surface area contributed by atoms with Gasteiger partial charge in [-0.05, 0) is 43.2 Å². The first-order chi connectivity index (χ1) is 17.6. The van der Waals surface area contributed by atoms with Crippen LogP contribution in [0.1, 0.15) is 28.8 Å². The van der Waals surface area contributed by atoms with Gasteiger partial charge < -0.3 is 15.5 Å². The van der Waals surface area contributed by atoms with E-state index in [4.69, 9.17) is 10.1 Å². The second kappa shape index (κ2) is 11.1. The Morgan fingerprint density at radius 2 is 1.95 bits per heavy atom. The van der Waals surface area contributed by atoms with Crippen LogP contribution in [0.2, 0.25) is 0 Å². The highest BCUT2D eigenvalue weighted by Crippen LogP contribution is 2.28. The summed E-state index contributed by atoms with van der Waals surface area (Å²) in [7, 11) is -3.56. The molecule has 2 aromatic carbocycles. The minimum absolute atomic E-state index is 0.0172. The summed E-state index contributed by atoms with van der Waals surface area (Å²) in [6, 6.07) is 9.08. The smallest absolute Gasteiger partial charge is 0.227 e. The number of nitrogens with one attached hydrogen (secondary N) is 2. The maximum Gasteiger partial charge on any atom is 0.227 e. The highest BCUT2D eigenvalue weighted by atomic mass is 32.2. The number of carbonyl (C=O) groups is 1. The zero-order valence-corrected chi connectivity index (χ0v) is 20.8. The molecule has 37 heavy (non-hydrogen) atoms. The fraction of sp³-hybridized carbons (Fsp3) is 0.280. The van der Waals surface area contributed by atoms with Gasteiger partial charge in [0.25, 0.3) is 0 Å². The standard InChI is InChI=1S/C25H25F2N5O4S/c1-37(34,35)19-5-6-22(21(27)12-19)31-24-20(13-28)25(30-15-29-24)36-18-7-9-32(10-8-18)14-23(33)16-3-2-4-17(26)11-16/h2-6,11-13,15,18,28H,7-10,14H2,1H3,(H,29,30,31). The predicted octanol–water partition coefficient (Wildman–Crippen LogP) is 3.63. The van der Waals surface area contributed by atoms with E-state index < -0.39 is 21.5 Å². The fourth-order valence-corrected chi connectivity index (χ4v) is 4.59. The quantitative estimate of drug-likeness (QED) is 0.318. The summed E-state index contributed by atoms with van der Waals surface area (Å²) in [4.78, 5) is 22.5. The molecule has 0 bridgehead atoms. The number of anilines is 2. The van der Waals surface area contributed by atoms with Crippen molar-refractivity contribution in [2.45, 2.75) is 23.8 Å². The van der Waals surface area contributed by atoms with Gasteiger partial charge in [-0.3, -0.25) is 9.69 Å². The number of ketones is 1. The van der Waals surface area contributed by atoms with Gasteiger partial charge >= 0.3 is 0 Å². The molecule has 1 aromatic heterocycles.